The van der Waals surface area contributed by atoms with E-state index in [-0.39, 0.29) is 23.5 Å². The van der Waals surface area contributed by atoms with E-state index in [4.69, 9.17) is 0 Å². The fourth-order valence-electron chi connectivity index (χ4n) is 7.22. The number of rotatable bonds is 9. The second-order valence-corrected chi connectivity index (χ2v) is 14.5. The van der Waals surface area contributed by atoms with Crippen LogP contribution in [0.15, 0.2) is 11.6 Å². The Morgan fingerprint density at radius 2 is 1.76 bits per heavy atom. The van der Waals surface area contributed by atoms with Crippen molar-refractivity contribution in [3.63, 3.8) is 0 Å². The number of piperidine rings is 1. The van der Waals surface area contributed by atoms with Crippen molar-refractivity contribution in [1.29, 1.82) is 0 Å². The van der Waals surface area contributed by atoms with E-state index >= 15 is 0 Å². The third-order valence-corrected chi connectivity index (χ3v) is 11.1. The Morgan fingerprint density at radius 3 is 2.41 bits per heavy atom. The van der Waals surface area contributed by atoms with Gasteiger partial charge in [-0.1, -0.05) is 44.8 Å². The number of nitrogens with one attached hydrogen (secondary N) is 2. The molecule has 4 aliphatic rings. The molecule has 2 aliphatic carbocycles. The Labute approximate surface area is 226 Å². The molecule has 212 valence electrons. The number of piperazine rings is 1. The predicted octanol–water partition coefficient (Wildman–Crippen LogP) is 3.97. The Kier molecular flexibility index (Phi) is 10.5. The second-order valence-electron chi connectivity index (χ2n) is 12.6. The topological polar surface area (TPSA) is 81.8 Å². The number of hydrogen-bond donors (Lipinski definition) is 2. The molecule has 0 bridgehead atoms. The highest BCUT2D eigenvalue weighted by molar-refractivity contribution is 7.89. The van der Waals surface area contributed by atoms with Gasteiger partial charge in [-0.3, -0.25) is 9.69 Å². The van der Waals surface area contributed by atoms with Gasteiger partial charge < -0.3 is 10.2 Å². The number of sulfonamides is 1. The lowest BCUT2D eigenvalue weighted by atomic mass is 9.70. The third kappa shape index (κ3) is 8.26. The summed E-state index contributed by atoms with van der Waals surface area (Å²) in [5, 5.41) is 3.64. The predicted molar refractivity (Wildman–Crippen MR) is 150 cm³/mol. The monoisotopic (exact) mass is 536 g/mol. The molecule has 0 aromatic rings. The molecule has 4 rings (SSSR count). The van der Waals surface area contributed by atoms with Gasteiger partial charge in [-0.2, -0.15) is 0 Å². The summed E-state index contributed by atoms with van der Waals surface area (Å²) < 4.78 is 28.6. The summed E-state index contributed by atoms with van der Waals surface area (Å²) in [6.45, 7) is 11.8. The highest BCUT2D eigenvalue weighted by Crippen LogP contribution is 2.39. The number of nitrogens with zero attached hydrogens (tertiary/aromatic N) is 2. The summed E-state index contributed by atoms with van der Waals surface area (Å²) in [6.07, 6.45) is 13.7. The summed E-state index contributed by atoms with van der Waals surface area (Å²) in [5.41, 5.74) is 1.26. The average molecular weight is 537 g/mol. The van der Waals surface area contributed by atoms with Crippen molar-refractivity contribution < 1.29 is 13.2 Å². The highest BCUT2D eigenvalue weighted by atomic mass is 32.2. The lowest BCUT2D eigenvalue weighted by Crippen LogP contribution is -2.57. The van der Waals surface area contributed by atoms with Crippen LogP contribution in [-0.4, -0.2) is 75.3 Å². The smallest absolute Gasteiger partial charge is 0.223 e. The lowest BCUT2D eigenvalue weighted by Gasteiger charge is -2.42. The van der Waals surface area contributed by atoms with Crippen molar-refractivity contribution in [2.75, 3.05) is 45.0 Å². The van der Waals surface area contributed by atoms with Crippen LogP contribution < -0.4 is 10.0 Å². The molecular formula is C29H52N4O3S. The van der Waals surface area contributed by atoms with E-state index in [0.29, 0.717) is 36.9 Å². The quantitative estimate of drug-likeness (QED) is 0.436. The van der Waals surface area contributed by atoms with E-state index < -0.39 is 10.0 Å². The lowest BCUT2D eigenvalue weighted by molar-refractivity contribution is -0.134. The first-order valence-electron chi connectivity index (χ1n) is 15.1. The van der Waals surface area contributed by atoms with E-state index in [1.54, 1.807) is 0 Å². The summed E-state index contributed by atoms with van der Waals surface area (Å²) in [4.78, 5) is 17.9. The van der Waals surface area contributed by atoms with Gasteiger partial charge in [0.2, 0.25) is 15.9 Å². The molecule has 3 fully saturated rings. The normalized spacial score (nSPS) is 30.9. The van der Waals surface area contributed by atoms with Crippen molar-refractivity contribution in [2.45, 2.75) is 91.1 Å². The van der Waals surface area contributed by atoms with Gasteiger partial charge in [0, 0.05) is 39.1 Å². The molecule has 4 unspecified atom stereocenters. The van der Waals surface area contributed by atoms with E-state index in [2.05, 4.69) is 46.7 Å². The zero-order valence-electron chi connectivity index (χ0n) is 23.6. The number of carbonyl (C=O) groups is 1. The van der Waals surface area contributed by atoms with E-state index in [1.807, 2.05) is 0 Å². The largest absolute Gasteiger partial charge is 0.340 e. The van der Waals surface area contributed by atoms with Crippen LogP contribution in [-0.2, 0) is 14.8 Å². The Hall–Kier alpha value is -0.960. The van der Waals surface area contributed by atoms with Gasteiger partial charge in [-0.05, 0) is 81.6 Å². The van der Waals surface area contributed by atoms with Gasteiger partial charge in [-0.15, -0.1) is 0 Å². The fraction of sp³-hybridized carbons (Fsp3) is 0.897. The minimum absolute atomic E-state index is 0.194. The van der Waals surface area contributed by atoms with Crippen LogP contribution in [0.2, 0.25) is 0 Å². The number of amides is 1. The van der Waals surface area contributed by atoms with E-state index in [1.165, 1.54) is 31.3 Å². The van der Waals surface area contributed by atoms with E-state index in [0.717, 1.165) is 64.8 Å². The van der Waals surface area contributed by atoms with Gasteiger partial charge in [0.25, 0.3) is 0 Å². The first-order chi connectivity index (χ1) is 17.7. The molecule has 0 aromatic carbocycles. The summed E-state index contributed by atoms with van der Waals surface area (Å²) >= 11 is 0. The van der Waals surface area contributed by atoms with Crippen molar-refractivity contribution >= 4 is 15.9 Å². The average Bonchev–Trinajstić information content (AvgIpc) is 2.89. The van der Waals surface area contributed by atoms with Crippen LogP contribution in [0.5, 0.6) is 0 Å². The van der Waals surface area contributed by atoms with Gasteiger partial charge in [0.15, 0.2) is 0 Å². The fourth-order valence-corrected chi connectivity index (χ4v) is 8.74. The maximum Gasteiger partial charge on any atom is 0.223 e. The molecule has 1 amide bonds. The maximum atomic E-state index is 13.3. The molecule has 8 heteroatoms. The van der Waals surface area contributed by atoms with Gasteiger partial charge in [0.05, 0.1) is 11.9 Å². The Morgan fingerprint density at radius 1 is 1.05 bits per heavy atom. The molecule has 0 aromatic heterocycles. The molecule has 4 atom stereocenters. The van der Waals surface area contributed by atoms with Crippen molar-refractivity contribution in [3.05, 3.63) is 11.6 Å². The molecule has 7 nitrogen and oxygen atoms in total. The first-order valence-corrected chi connectivity index (χ1v) is 16.8. The third-order valence-electron chi connectivity index (χ3n) is 9.62. The minimum Gasteiger partial charge on any atom is -0.340 e. The van der Waals surface area contributed by atoms with Crippen molar-refractivity contribution in [3.8, 4) is 0 Å². The molecule has 1 saturated carbocycles. The van der Waals surface area contributed by atoms with Crippen LogP contribution in [0.4, 0.5) is 0 Å². The molecule has 2 N–H and O–H groups in total. The Balaban J connectivity index is 1.28. The number of allylic oxidation sites excluding steroid dienone is 1. The summed E-state index contributed by atoms with van der Waals surface area (Å²) in [5.74, 6) is 2.15. The standard InChI is InChI=1S/C29H52N4O3S/c1-22(2)27-18-25(19-29(34)33-15-13-32(14-16-33)28-11-7-8-12-30-28)23(3)17-26(27)20-31-37(35,36)21-24-9-5-4-6-10-24/h17,22,24-28,30-31H,4-16,18-21H2,1-3H3. The molecule has 2 heterocycles. The highest BCUT2D eigenvalue weighted by Gasteiger charge is 2.35. The maximum absolute atomic E-state index is 13.3. The number of hydrogen-bond acceptors (Lipinski definition) is 5. The molecule has 0 spiro atoms. The minimum atomic E-state index is -3.26. The van der Waals surface area contributed by atoms with Crippen LogP contribution in [0.25, 0.3) is 0 Å². The van der Waals surface area contributed by atoms with Crippen LogP contribution in [0.1, 0.15) is 85.0 Å². The van der Waals surface area contributed by atoms with Crippen LogP contribution >= 0.6 is 0 Å². The molecule has 0 radical (unpaired) electrons. The zero-order valence-corrected chi connectivity index (χ0v) is 24.4. The SMILES string of the molecule is CC1=CC(CNS(=O)(=O)CC2CCCCC2)C(C(C)C)CC1CC(=O)N1CCN(C2CCCCN2)CC1. The summed E-state index contributed by atoms with van der Waals surface area (Å²) in [6, 6.07) is 0. The van der Waals surface area contributed by atoms with Gasteiger partial charge in [-0.25, -0.2) is 13.1 Å². The second kappa shape index (κ2) is 13.4. The van der Waals surface area contributed by atoms with E-state index in [9.17, 15) is 13.2 Å². The molecular weight excluding hydrogens is 484 g/mol. The molecule has 2 aliphatic heterocycles. The van der Waals surface area contributed by atoms with Gasteiger partial charge >= 0.3 is 0 Å². The zero-order chi connectivity index (χ0) is 26.4. The van der Waals surface area contributed by atoms with Crippen LogP contribution in [0.3, 0.4) is 0 Å². The Bertz CT molecular complexity index is 870. The summed E-state index contributed by atoms with van der Waals surface area (Å²) in [7, 11) is -3.26. The van der Waals surface area contributed by atoms with Crippen molar-refractivity contribution in [2.24, 2.45) is 29.6 Å². The first kappa shape index (κ1) is 29.0. The molecule has 37 heavy (non-hydrogen) atoms. The van der Waals surface area contributed by atoms with Gasteiger partial charge in [0.1, 0.15) is 0 Å². The molecule has 2 saturated heterocycles. The number of carbonyl (C=O) groups excluding carboxylic acids is 1. The van der Waals surface area contributed by atoms with Crippen LogP contribution in [0, 0.1) is 29.6 Å². The van der Waals surface area contributed by atoms with Crippen molar-refractivity contribution in [1.82, 2.24) is 19.8 Å².